The maximum atomic E-state index is 13.1. The van der Waals surface area contributed by atoms with E-state index in [-0.39, 0.29) is 17.8 Å². The summed E-state index contributed by atoms with van der Waals surface area (Å²) < 4.78 is 13.1. The Labute approximate surface area is 156 Å². The molecule has 0 spiro atoms. The van der Waals surface area contributed by atoms with Crippen molar-refractivity contribution in [3.05, 3.63) is 93.4 Å². The van der Waals surface area contributed by atoms with Gasteiger partial charge < -0.3 is 4.90 Å². The van der Waals surface area contributed by atoms with Crippen molar-refractivity contribution in [1.82, 2.24) is 4.90 Å². The van der Waals surface area contributed by atoms with Gasteiger partial charge >= 0.3 is 0 Å². The van der Waals surface area contributed by atoms with Crippen molar-refractivity contribution in [1.29, 1.82) is 0 Å². The molecule has 3 aromatic rings. The summed E-state index contributed by atoms with van der Waals surface area (Å²) in [6.07, 6.45) is 1.99. The van der Waals surface area contributed by atoms with Crippen LogP contribution in [0.3, 0.4) is 0 Å². The van der Waals surface area contributed by atoms with E-state index in [1.807, 2.05) is 23.1 Å². The van der Waals surface area contributed by atoms with E-state index in [0.29, 0.717) is 12.8 Å². The van der Waals surface area contributed by atoms with Crippen LogP contribution in [-0.4, -0.2) is 17.4 Å². The number of hydrogen-bond donors (Lipinski definition) is 0. The van der Waals surface area contributed by atoms with Gasteiger partial charge in [-0.15, -0.1) is 11.3 Å². The summed E-state index contributed by atoms with van der Waals surface area (Å²) in [5.41, 5.74) is 3.40. The molecule has 1 unspecified atom stereocenters. The minimum atomic E-state index is -0.245. The van der Waals surface area contributed by atoms with Gasteiger partial charge in [-0.05, 0) is 53.1 Å². The monoisotopic (exact) mass is 365 g/mol. The van der Waals surface area contributed by atoms with Crippen molar-refractivity contribution >= 4 is 17.2 Å². The SMILES string of the molecule is O=C(CCc1ccc(F)cc1)N1CCc2sccc2C1c1ccccc1. The summed E-state index contributed by atoms with van der Waals surface area (Å²) >= 11 is 1.78. The molecule has 2 nitrogen and oxygen atoms in total. The second-order valence-corrected chi connectivity index (χ2v) is 7.58. The van der Waals surface area contributed by atoms with Crippen LogP contribution in [0.15, 0.2) is 66.0 Å². The minimum absolute atomic E-state index is 0.00748. The average Bonchev–Trinajstić information content (AvgIpc) is 3.16. The molecule has 0 saturated heterocycles. The predicted octanol–water partition coefficient (Wildman–Crippen LogP) is 4.99. The van der Waals surface area contributed by atoms with E-state index in [2.05, 4.69) is 23.6 Å². The first-order valence-electron chi connectivity index (χ1n) is 8.87. The van der Waals surface area contributed by atoms with Crippen LogP contribution >= 0.6 is 11.3 Å². The van der Waals surface area contributed by atoms with Gasteiger partial charge in [0.1, 0.15) is 5.82 Å². The number of hydrogen-bond acceptors (Lipinski definition) is 2. The second-order valence-electron chi connectivity index (χ2n) is 6.58. The molecule has 0 radical (unpaired) electrons. The molecule has 0 bridgehead atoms. The van der Waals surface area contributed by atoms with Crippen LogP contribution < -0.4 is 0 Å². The smallest absolute Gasteiger partial charge is 0.223 e. The number of amides is 1. The lowest BCUT2D eigenvalue weighted by molar-refractivity contribution is -0.133. The van der Waals surface area contributed by atoms with Gasteiger partial charge in [0.05, 0.1) is 6.04 Å². The minimum Gasteiger partial charge on any atom is -0.331 e. The van der Waals surface area contributed by atoms with Crippen LogP contribution in [-0.2, 0) is 17.6 Å². The lowest BCUT2D eigenvalue weighted by Crippen LogP contribution is -2.40. The Morgan fingerprint density at radius 1 is 1.08 bits per heavy atom. The van der Waals surface area contributed by atoms with Crippen LogP contribution in [0, 0.1) is 5.82 Å². The summed E-state index contributed by atoms with van der Waals surface area (Å²) in [4.78, 5) is 16.4. The maximum Gasteiger partial charge on any atom is 0.223 e. The zero-order valence-electron chi connectivity index (χ0n) is 14.4. The first-order chi connectivity index (χ1) is 12.7. The van der Waals surface area contributed by atoms with Crippen molar-refractivity contribution in [2.24, 2.45) is 0 Å². The Morgan fingerprint density at radius 2 is 1.85 bits per heavy atom. The number of nitrogens with zero attached hydrogens (tertiary/aromatic N) is 1. The van der Waals surface area contributed by atoms with Crippen LogP contribution in [0.2, 0.25) is 0 Å². The molecule has 2 heterocycles. The topological polar surface area (TPSA) is 20.3 Å². The van der Waals surface area contributed by atoms with Gasteiger partial charge in [-0.1, -0.05) is 42.5 Å². The highest BCUT2D eigenvalue weighted by Crippen LogP contribution is 2.38. The molecule has 0 aliphatic carbocycles. The zero-order valence-corrected chi connectivity index (χ0v) is 15.2. The van der Waals surface area contributed by atoms with Gasteiger partial charge in [0.15, 0.2) is 0 Å². The highest BCUT2D eigenvalue weighted by atomic mass is 32.1. The molecule has 1 amide bonds. The Kier molecular flexibility index (Phi) is 4.85. The molecule has 1 atom stereocenters. The number of benzene rings is 2. The molecule has 2 aromatic carbocycles. The summed E-state index contributed by atoms with van der Waals surface area (Å²) in [6.45, 7) is 0.745. The van der Waals surface area contributed by atoms with E-state index >= 15 is 0 Å². The summed E-state index contributed by atoms with van der Waals surface area (Å²) in [7, 11) is 0. The number of rotatable bonds is 4. The predicted molar refractivity (Wildman–Crippen MR) is 103 cm³/mol. The van der Waals surface area contributed by atoms with E-state index < -0.39 is 0 Å². The van der Waals surface area contributed by atoms with Crippen molar-refractivity contribution in [2.75, 3.05) is 6.54 Å². The van der Waals surface area contributed by atoms with Crippen molar-refractivity contribution in [2.45, 2.75) is 25.3 Å². The highest BCUT2D eigenvalue weighted by molar-refractivity contribution is 7.10. The fraction of sp³-hybridized carbons (Fsp3) is 0.227. The quantitative estimate of drug-likeness (QED) is 0.637. The van der Waals surface area contributed by atoms with E-state index in [9.17, 15) is 9.18 Å². The molecular weight excluding hydrogens is 345 g/mol. The van der Waals surface area contributed by atoms with E-state index in [1.165, 1.54) is 22.6 Å². The third-order valence-corrected chi connectivity index (χ3v) is 5.94. The molecule has 4 rings (SSSR count). The third-order valence-electron chi connectivity index (χ3n) is 4.94. The standard InChI is InChI=1S/C22H20FNOS/c23-18-9-6-16(7-10-18)8-11-21(25)24-14-12-20-19(13-15-26-20)22(24)17-4-2-1-3-5-17/h1-7,9-10,13,15,22H,8,11-12,14H2. The largest absolute Gasteiger partial charge is 0.331 e. The lowest BCUT2D eigenvalue weighted by atomic mass is 9.92. The first-order valence-corrected chi connectivity index (χ1v) is 9.75. The molecule has 26 heavy (non-hydrogen) atoms. The van der Waals surface area contributed by atoms with Gasteiger partial charge in [0, 0.05) is 17.8 Å². The summed E-state index contributed by atoms with van der Waals surface area (Å²) in [5.74, 6) is -0.0923. The molecule has 132 valence electrons. The Morgan fingerprint density at radius 3 is 2.62 bits per heavy atom. The summed E-state index contributed by atoms with van der Waals surface area (Å²) in [6, 6.07) is 18.8. The van der Waals surface area contributed by atoms with Crippen molar-refractivity contribution < 1.29 is 9.18 Å². The first kappa shape index (κ1) is 17.0. The molecule has 4 heteroatoms. The molecule has 0 N–H and O–H groups in total. The van der Waals surface area contributed by atoms with Crippen molar-refractivity contribution in [3.63, 3.8) is 0 Å². The zero-order chi connectivity index (χ0) is 17.9. The van der Waals surface area contributed by atoms with E-state index in [0.717, 1.165) is 24.1 Å². The molecule has 1 aliphatic rings. The van der Waals surface area contributed by atoms with Crippen LogP contribution in [0.5, 0.6) is 0 Å². The molecular formula is C22H20FNOS. The fourth-order valence-electron chi connectivity index (χ4n) is 3.63. The van der Waals surface area contributed by atoms with Gasteiger partial charge in [-0.3, -0.25) is 4.79 Å². The van der Waals surface area contributed by atoms with Crippen LogP contribution in [0.4, 0.5) is 4.39 Å². The Bertz CT molecular complexity index is 888. The third kappa shape index (κ3) is 3.42. The summed E-state index contributed by atoms with van der Waals surface area (Å²) in [5, 5.41) is 2.12. The van der Waals surface area contributed by atoms with Gasteiger partial charge in [0.2, 0.25) is 5.91 Å². The highest BCUT2D eigenvalue weighted by Gasteiger charge is 2.32. The normalized spacial score (nSPS) is 16.3. The number of carbonyl (C=O) groups excluding carboxylic acids is 1. The van der Waals surface area contributed by atoms with E-state index in [4.69, 9.17) is 0 Å². The van der Waals surface area contributed by atoms with E-state index in [1.54, 1.807) is 23.5 Å². The number of carbonyl (C=O) groups is 1. The molecule has 1 aliphatic heterocycles. The van der Waals surface area contributed by atoms with Crippen LogP contribution in [0.1, 0.15) is 34.0 Å². The average molecular weight is 365 g/mol. The molecule has 0 saturated carbocycles. The second kappa shape index (κ2) is 7.42. The van der Waals surface area contributed by atoms with Gasteiger partial charge in [-0.25, -0.2) is 4.39 Å². The number of thiophene rings is 1. The Hall–Kier alpha value is -2.46. The molecule has 0 fully saturated rings. The number of fused-ring (bicyclic) bond motifs is 1. The fourth-order valence-corrected chi connectivity index (χ4v) is 4.53. The van der Waals surface area contributed by atoms with Crippen LogP contribution in [0.25, 0.3) is 0 Å². The van der Waals surface area contributed by atoms with Gasteiger partial charge in [-0.2, -0.15) is 0 Å². The Balaban J connectivity index is 1.56. The molecule has 1 aromatic heterocycles. The van der Waals surface area contributed by atoms with Crippen molar-refractivity contribution in [3.8, 4) is 0 Å². The number of halogens is 1. The van der Waals surface area contributed by atoms with Gasteiger partial charge in [0.25, 0.3) is 0 Å². The lowest BCUT2D eigenvalue weighted by Gasteiger charge is -2.36. The maximum absolute atomic E-state index is 13.1. The number of aryl methyl sites for hydroxylation is 1.